The maximum Gasteiger partial charge on any atom is 0.129 e. The Hall–Kier alpha value is -0.640. The number of aromatic nitrogens is 1. The number of nitrogens with zero attached hydrogens (tertiary/aromatic N) is 2. The van der Waals surface area contributed by atoms with Crippen LogP contribution >= 0.6 is 11.6 Å². The van der Waals surface area contributed by atoms with Gasteiger partial charge in [0.25, 0.3) is 0 Å². The SMILES string of the molecule is CC1CN(Cc2ccnc(Cl)c2)CCC1O. The average Bonchev–Trinajstić information content (AvgIpc) is 2.24. The second-order valence-electron chi connectivity index (χ2n) is 4.56. The maximum absolute atomic E-state index is 9.65. The van der Waals surface area contributed by atoms with Gasteiger partial charge in [0.15, 0.2) is 0 Å². The van der Waals surface area contributed by atoms with Crippen LogP contribution in [0.15, 0.2) is 18.3 Å². The molecule has 3 nitrogen and oxygen atoms in total. The lowest BCUT2D eigenvalue weighted by Gasteiger charge is -2.34. The van der Waals surface area contributed by atoms with Crippen molar-refractivity contribution in [3.8, 4) is 0 Å². The summed E-state index contributed by atoms with van der Waals surface area (Å²) in [5.41, 5.74) is 1.18. The van der Waals surface area contributed by atoms with Crippen molar-refractivity contribution in [1.82, 2.24) is 9.88 Å². The molecule has 0 bridgehead atoms. The highest BCUT2D eigenvalue weighted by molar-refractivity contribution is 6.29. The topological polar surface area (TPSA) is 36.4 Å². The van der Waals surface area contributed by atoms with Gasteiger partial charge in [-0.3, -0.25) is 4.90 Å². The van der Waals surface area contributed by atoms with E-state index >= 15 is 0 Å². The van der Waals surface area contributed by atoms with Gasteiger partial charge in [0.1, 0.15) is 5.15 Å². The molecule has 1 aliphatic rings. The van der Waals surface area contributed by atoms with E-state index in [9.17, 15) is 5.11 Å². The van der Waals surface area contributed by atoms with Gasteiger partial charge in [-0.25, -0.2) is 4.98 Å². The van der Waals surface area contributed by atoms with Crippen molar-refractivity contribution >= 4 is 11.6 Å². The second-order valence-corrected chi connectivity index (χ2v) is 4.94. The Labute approximate surface area is 101 Å². The molecule has 0 aliphatic carbocycles. The summed E-state index contributed by atoms with van der Waals surface area (Å²) in [6, 6.07) is 3.89. The minimum atomic E-state index is -0.141. The Kier molecular flexibility index (Phi) is 3.79. The van der Waals surface area contributed by atoms with Crippen LogP contribution in [-0.2, 0) is 6.54 Å². The fraction of sp³-hybridized carbons (Fsp3) is 0.583. The molecule has 1 saturated heterocycles. The lowest BCUT2D eigenvalue weighted by atomic mass is 9.96. The normalized spacial score (nSPS) is 26.9. The molecular formula is C12H17ClN2O. The monoisotopic (exact) mass is 240 g/mol. The molecule has 4 heteroatoms. The Bertz CT molecular complexity index is 359. The fourth-order valence-corrected chi connectivity index (χ4v) is 2.36. The van der Waals surface area contributed by atoms with Gasteiger partial charge in [0.2, 0.25) is 0 Å². The van der Waals surface area contributed by atoms with Gasteiger partial charge in [-0.1, -0.05) is 18.5 Å². The second kappa shape index (κ2) is 5.13. The lowest BCUT2D eigenvalue weighted by molar-refractivity contribution is 0.0320. The summed E-state index contributed by atoms with van der Waals surface area (Å²) in [6.45, 7) is 4.88. The third kappa shape index (κ3) is 2.94. The summed E-state index contributed by atoms with van der Waals surface area (Å²) in [6.07, 6.45) is 2.46. The average molecular weight is 241 g/mol. The van der Waals surface area contributed by atoms with Gasteiger partial charge < -0.3 is 5.11 Å². The Morgan fingerprint density at radius 2 is 2.44 bits per heavy atom. The van der Waals surface area contributed by atoms with Crippen molar-refractivity contribution in [3.05, 3.63) is 29.0 Å². The first-order valence-electron chi connectivity index (χ1n) is 5.66. The third-order valence-corrected chi connectivity index (χ3v) is 3.35. The first-order valence-corrected chi connectivity index (χ1v) is 6.04. The summed E-state index contributed by atoms with van der Waals surface area (Å²) in [4.78, 5) is 6.32. The molecule has 1 aromatic rings. The van der Waals surface area contributed by atoms with Crippen LogP contribution in [0.2, 0.25) is 5.15 Å². The zero-order valence-electron chi connectivity index (χ0n) is 9.43. The smallest absolute Gasteiger partial charge is 0.129 e. The van der Waals surface area contributed by atoms with Crippen LogP contribution in [-0.4, -0.2) is 34.2 Å². The molecule has 0 aromatic carbocycles. The summed E-state index contributed by atoms with van der Waals surface area (Å²) >= 11 is 5.84. The number of pyridine rings is 1. The Balaban J connectivity index is 1.95. The number of aliphatic hydroxyl groups excluding tert-OH is 1. The quantitative estimate of drug-likeness (QED) is 0.803. The van der Waals surface area contributed by atoms with Gasteiger partial charge in [-0.05, 0) is 30.0 Å². The third-order valence-electron chi connectivity index (χ3n) is 3.14. The zero-order valence-corrected chi connectivity index (χ0v) is 10.2. The molecular weight excluding hydrogens is 224 g/mol. The lowest BCUT2D eigenvalue weighted by Crippen LogP contribution is -2.41. The zero-order chi connectivity index (χ0) is 11.5. The van der Waals surface area contributed by atoms with Crippen LogP contribution in [0.3, 0.4) is 0 Å². The summed E-state index contributed by atoms with van der Waals surface area (Å²) in [5.74, 6) is 0.353. The van der Waals surface area contributed by atoms with Crippen LogP contribution in [0, 0.1) is 5.92 Å². The van der Waals surface area contributed by atoms with E-state index in [4.69, 9.17) is 11.6 Å². The Morgan fingerprint density at radius 1 is 1.62 bits per heavy atom. The van der Waals surface area contributed by atoms with E-state index in [2.05, 4.69) is 16.8 Å². The molecule has 0 radical (unpaired) electrons. The first kappa shape index (κ1) is 11.8. The van der Waals surface area contributed by atoms with Crippen molar-refractivity contribution in [2.45, 2.75) is 26.0 Å². The maximum atomic E-state index is 9.65. The first-order chi connectivity index (χ1) is 7.65. The summed E-state index contributed by atoms with van der Waals surface area (Å²) in [7, 11) is 0. The molecule has 2 rings (SSSR count). The number of piperidine rings is 1. The van der Waals surface area contributed by atoms with Crippen molar-refractivity contribution in [3.63, 3.8) is 0 Å². The van der Waals surface area contributed by atoms with E-state index < -0.39 is 0 Å². The predicted molar refractivity (Wildman–Crippen MR) is 64.3 cm³/mol. The van der Waals surface area contributed by atoms with Crippen molar-refractivity contribution in [1.29, 1.82) is 0 Å². The van der Waals surface area contributed by atoms with Gasteiger partial charge in [0, 0.05) is 25.8 Å². The van der Waals surface area contributed by atoms with Gasteiger partial charge in [0.05, 0.1) is 6.10 Å². The number of hydrogen-bond donors (Lipinski definition) is 1. The summed E-state index contributed by atoms with van der Waals surface area (Å²) in [5, 5.41) is 10.2. The molecule has 1 aromatic heterocycles. The molecule has 1 aliphatic heterocycles. The molecule has 16 heavy (non-hydrogen) atoms. The van der Waals surface area contributed by atoms with E-state index in [0.717, 1.165) is 26.1 Å². The van der Waals surface area contributed by atoms with Gasteiger partial charge >= 0.3 is 0 Å². The molecule has 2 atom stereocenters. The standard InChI is InChI=1S/C12H17ClN2O/c1-9-7-15(5-3-11(9)16)8-10-2-4-14-12(13)6-10/h2,4,6,9,11,16H,3,5,7-8H2,1H3. The van der Waals surface area contributed by atoms with Crippen LogP contribution in [0.5, 0.6) is 0 Å². The van der Waals surface area contributed by atoms with E-state index in [0.29, 0.717) is 11.1 Å². The largest absolute Gasteiger partial charge is 0.393 e. The highest BCUT2D eigenvalue weighted by atomic mass is 35.5. The molecule has 2 heterocycles. The number of likely N-dealkylation sites (tertiary alicyclic amines) is 1. The summed E-state index contributed by atoms with van der Waals surface area (Å²) < 4.78 is 0. The van der Waals surface area contributed by atoms with Gasteiger partial charge in [-0.2, -0.15) is 0 Å². The number of aliphatic hydroxyl groups is 1. The molecule has 88 valence electrons. The molecule has 0 saturated carbocycles. The molecule has 0 spiro atoms. The van der Waals surface area contributed by atoms with Crippen molar-refractivity contribution < 1.29 is 5.11 Å². The van der Waals surface area contributed by atoms with Crippen LogP contribution in [0.4, 0.5) is 0 Å². The predicted octanol–water partition coefficient (Wildman–Crippen LogP) is 1.94. The minimum Gasteiger partial charge on any atom is -0.393 e. The molecule has 0 amide bonds. The van der Waals surface area contributed by atoms with E-state index in [1.165, 1.54) is 5.56 Å². The highest BCUT2D eigenvalue weighted by Crippen LogP contribution is 2.19. The number of hydrogen-bond acceptors (Lipinski definition) is 3. The van der Waals surface area contributed by atoms with E-state index in [1.807, 2.05) is 12.1 Å². The molecule has 2 unspecified atom stereocenters. The van der Waals surface area contributed by atoms with Crippen LogP contribution < -0.4 is 0 Å². The van der Waals surface area contributed by atoms with Crippen LogP contribution in [0.25, 0.3) is 0 Å². The van der Waals surface area contributed by atoms with Gasteiger partial charge in [-0.15, -0.1) is 0 Å². The number of rotatable bonds is 2. The molecule has 1 N–H and O–H groups in total. The van der Waals surface area contributed by atoms with E-state index in [1.54, 1.807) is 6.20 Å². The van der Waals surface area contributed by atoms with Crippen molar-refractivity contribution in [2.75, 3.05) is 13.1 Å². The van der Waals surface area contributed by atoms with Crippen molar-refractivity contribution in [2.24, 2.45) is 5.92 Å². The highest BCUT2D eigenvalue weighted by Gasteiger charge is 2.23. The number of halogens is 1. The van der Waals surface area contributed by atoms with E-state index in [-0.39, 0.29) is 6.10 Å². The molecule has 1 fully saturated rings. The Morgan fingerprint density at radius 3 is 3.12 bits per heavy atom. The fourth-order valence-electron chi connectivity index (χ4n) is 2.16. The van der Waals surface area contributed by atoms with Crippen LogP contribution in [0.1, 0.15) is 18.9 Å². The minimum absolute atomic E-state index is 0.141.